The molecule has 1 rings (SSSR count). The molecule has 0 saturated carbocycles. The van der Waals surface area contributed by atoms with E-state index in [0.717, 1.165) is 10.1 Å². The van der Waals surface area contributed by atoms with Crippen LogP contribution >= 0.6 is 0 Å². The molecule has 60 valence electrons. The van der Waals surface area contributed by atoms with E-state index in [2.05, 4.69) is 9.19 Å². The van der Waals surface area contributed by atoms with Crippen molar-refractivity contribution in [3.05, 3.63) is 10.1 Å². The van der Waals surface area contributed by atoms with Crippen LogP contribution in [-0.4, -0.2) is 48.8 Å². The number of carbonyl (C=O) groups excluding carboxylic acids is 1. The fourth-order valence-electron chi connectivity index (χ4n) is 0.631. The van der Waals surface area contributed by atoms with Gasteiger partial charge in [0.05, 0.1) is 0 Å². The van der Waals surface area contributed by atoms with E-state index >= 15 is 0 Å². The van der Waals surface area contributed by atoms with Gasteiger partial charge in [0.15, 0.2) is 0 Å². The molecule has 1 aromatic rings. The van der Waals surface area contributed by atoms with Gasteiger partial charge >= 0.3 is 70.7 Å². The molecule has 1 heterocycles. The fraction of sp³-hybridized carbons (Fsp3) is 0.500. The van der Waals surface area contributed by atoms with Gasteiger partial charge in [0, 0.05) is 0 Å². The van der Waals surface area contributed by atoms with Crippen molar-refractivity contribution in [3.8, 4) is 0 Å². The third-order valence-corrected chi connectivity index (χ3v) is 2.96. The van der Waals surface area contributed by atoms with Gasteiger partial charge in [-0.25, -0.2) is 0 Å². The Balaban J connectivity index is 2.93. The summed E-state index contributed by atoms with van der Waals surface area (Å²) in [4.78, 5) is 12.9. The fourth-order valence-corrected chi connectivity index (χ4v) is 2.05. The molecule has 1 aromatic heterocycles. The second-order valence-electron chi connectivity index (χ2n) is 2.39. The van der Waals surface area contributed by atoms with Crippen LogP contribution in [0.15, 0.2) is 0 Å². The summed E-state index contributed by atoms with van der Waals surface area (Å²) < 4.78 is 4.58. The molecule has 11 heavy (non-hydrogen) atoms. The van der Waals surface area contributed by atoms with Crippen LogP contribution in [0, 0.1) is 6.92 Å². The van der Waals surface area contributed by atoms with Gasteiger partial charge < -0.3 is 0 Å². The molecule has 0 bridgehead atoms. The number of amides is 1. The topological polar surface area (TPSA) is 46.1 Å². The molecule has 0 aromatic carbocycles. The minimum absolute atomic E-state index is 0.0347. The zero-order valence-corrected chi connectivity index (χ0v) is 8.37. The zero-order chi connectivity index (χ0) is 8.43. The van der Waals surface area contributed by atoms with Crippen molar-refractivity contribution in [1.29, 1.82) is 0 Å². The van der Waals surface area contributed by atoms with Gasteiger partial charge in [0.25, 0.3) is 0 Å². The summed E-state index contributed by atoms with van der Waals surface area (Å²) in [5.74, 6) is 0.0347. The third kappa shape index (κ3) is 1.67. The number of aromatic nitrogens is 2. The number of aryl methyl sites for hydroxylation is 1. The van der Waals surface area contributed by atoms with E-state index in [0.29, 0.717) is 0 Å². The average Bonchev–Trinajstić information content (AvgIpc) is 2.33. The molecule has 0 unspecified atom stereocenters. The molecule has 1 amide bonds. The zero-order valence-electron chi connectivity index (χ0n) is 6.66. The molecule has 0 atom stereocenters. The molecular weight excluding hydrogens is 209 g/mol. The Hall–Kier alpha value is -0.671. The number of hydrogen-bond donors (Lipinski definition) is 0. The van der Waals surface area contributed by atoms with Gasteiger partial charge in [0.2, 0.25) is 0 Å². The number of hydrogen-bond acceptors (Lipinski definition) is 3. The Morgan fingerprint density at radius 1 is 1.55 bits per heavy atom. The Labute approximate surface area is 71.2 Å². The summed E-state index contributed by atoms with van der Waals surface area (Å²) in [5.41, 5.74) is 0.767. The molecule has 0 radical (unpaired) electrons. The molecule has 5 heteroatoms. The predicted molar refractivity (Wildman–Crippen MR) is 41.7 cm³/mol. The van der Waals surface area contributed by atoms with Crippen molar-refractivity contribution in [2.75, 3.05) is 14.1 Å². The van der Waals surface area contributed by atoms with E-state index < -0.39 is 0 Å². The number of carbonyl (C=O) groups is 1. The first-order valence-corrected chi connectivity index (χ1v) is 4.76. The Bertz CT molecular complexity index is 269. The Kier molecular flexibility index (Phi) is 2.41. The Morgan fingerprint density at radius 3 is 2.55 bits per heavy atom. The quantitative estimate of drug-likeness (QED) is 0.599. The molecule has 0 saturated heterocycles. The van der Waals surface area contributed by atoms with E-state index in [1.807, 2.05) is 6.92 Å². The van der Waals surface area contributed by atoms with E-state index in [1.54, 1.807) is 19.0 Å². The molecule has 0 fully saturated rings. The second-order valence-corrected chi connectivity index (χ2v) is 3.97. The standard InChI is InChI=1S/C6H9N3OSe/c1-4-5(11-8-7-4)6(10)9(2)3/h1-3H3. The summed E-state index contributed by atoms with van der Waals surface area (Å²) in [6.45, 7) is 1.81. The summed E-state index contributed by atoms with van der Waals surface area (Å²) >= 11 is -0.0918. The molecule has 0 spiro atoms. The first-order valence-electron chi connectivity index (χ1n) is 3.13. The summed E-state index contributed by atoms with van der Waals surface area (Å²) in [6, 6.07) is 0. The van der Waals surface area contributed by atoms with Crippen LogP contribution in [-0.2, 0) is 0 Å². The first-order chi connectivity index (χ1) is 5.13. The van der Waals surface area contributed by atoms with Crippen LogP contribution in [0.4, 0.5) is 0 Å². The van der Waals surface area contributed by atoms with Gasteiger partial charge in [-0.15, -0.1) is 0 Å². The Morgan fingerprint density at radius 2 is 2.18 bits per heavy atom. The molecule has 0 N–H and O–H groups in total. The second kappa shape index (κ2) is 3.15. The summed E-state index contributed by atoms with van der Waals surface area (Å²) in [7, 11) is 3.47. The molecule has 4 nitrogen and oxygen atoms in total. The van der Waals surface area contributed by atoms with Crippen molar-refractivity contribution in [2.45, 2.75) is 6.92 Å². The van der Waals surface area contributed by atoms with Crippen LogP contribution < -0.4 is 0 Å². The van der Waals surface area contributed by atoms with E-state index in [9.17, 15) is 4.79 Å². The maximum atomic E-state index is 11.3. The van der Waals surface area contributed by atoms with Crippen molar-refractivity contribution in [1.82, 2.24) is 14.1 Å². The molecule has 0 aliphatic rings. The summed E-state index contributed by atoms with van der Waals surface area (Å²) in [6.07, 6.45) is 0. The van der Waals surface area contributed by atoms with Crippen LogP contribution in [0.5, 0.6) is 0 Å². The summed E-state index contributed by atoms with van der Waals surface area (Å²) in [5, 5.41) is 3.81. The van der Waals surface area contributed by atoms with Crippen molar-refractivity contribution >= 4 is 20.6 Å². The number of rotatable bonds is 1. The van der Waals surface area contributed by atoms with Gasteiger partial charge in [0.1, 0.15) is 0 Å². The van der Waals surface area contributed by atoms with Gasteiger partial charge in [-0.2, -0.15) is 0 Å². The first kappa shape index (κ1) is 8.43. The van der Waals surface area contributed by atoms with Crippen molar-refractivity contribution < 1.29 is 4.79 Å². The maximum absolute atomic E-state index is 11.3. The normalized spacial score (nSPS) is 9.73. The SMILES string of the molecule is Cc1nn[se]c1C(=O)N(C)C. The third-order valence-electron chi connectivity index (χ3n) is 1.25. The van der Waals surface area contributed by atoms with Crippen molar-refractivity contribution in [3.63, 3.8) is 0 Å². The van der Waals surface area contributed by atoms with Crippen molar-refractivity contribution in [2.24, 2.45) is 0 Å². The predicted octanol–water partition coefficient (Wildman–Crippen LogP) is -0.456. The minimum atomic E-state index is -0.0918. The van der Waals surface area contributed by atoms with Crippen LogP contribution in [0.25, 0.3) is 0 Å². The molecule has 0 aliphatic heterocycles. The van der Waals surface area contributed by atoms with E-state index in [1.165, 1.54) is 0 Å². The molecule has 0 aliphatic carbocycles. The van der Waals surface area contributed by atoms with Crippen LogP contribution in [0.2, 0.25) is 0 Å². The monoisotopic (exact) mass is 219 g/mol. The van der Waals surface area contributed by atoms with E-state index in [4.69, 9.17) is 0 Å². The van der Waals surface area contributed by atoms with Gasteiger partial charge in [-0.3, -0.25) is 0 Å². The average molecular weight is 218 g/mol. The van der Waals surface area contributed by atoms with Gasteiger partial charge in [-0.05, 0) is 0 Å². The van der Waals surface area contributed by atoms with Crippen LogP contribution in [0.3, 0.4) is 0 Å². The van der Waals surface area contributed by atoms with Gasteiger partial charge in [-0.1, -0.05) is 0 Å². The molecular formula is C6H9N3OSe. The van der Waals surface area contributed by atoms with Crippen LogP contribution in [0.1, 0.15) is 14.9 Å². The number of nitrogens with zero attached hydrogens (tertiary/aromatic N) is 3. The van der Waals surface area contributed by atoms with E-state index in [-0.39, 0.29) is 20.6 Å².